The number of morpholine rings is 1. The highest BCUT2D eigenvalue weighted by molar-refractivity contribution is 7.14. The maximum atomic E-state index is 15.0. The molecule has 0 radical (unpaired) electrons. The minimum atomic E-state index is -1.04. The summed E-state index contributed by atoms with van der Waals surface area (Å²) < 4.78 is 29.7. The molecule has 4 heterocycles. The summed E-state index contributed by atoms with van der Waals surface area (Å²) in [7, 11) is 1.32. The summed E-state index contributed by atoms with van der Waals surface area (Å²) in [6.07, 6.45) is 4.21. The molecule has 5 fully saturated rings. The Kier molecular flexibility index (Phi) is 13.6. The zero-order valence-electron chi connectivity index (χ0n) is 37.9. The number of esters is 2. The minimum Gasteiger partial charge on any atom is -0.491 e. The van der Waals surface area contributed by atoms with Gasteiger partial charge in [-0.15, -0.1) is 17.9 Å². The van der Waals surface area contributed by atoms with Crippen LogP contribution >= 0.6 is 22.9 Å². The molecule has 2 saturated heterocycles. The van der Waals surface area contributed by atoms with E-state index in [2.05, 4.69) is 16.8 Å². The average Bonchev–Trinajstić information content (AvgIpc) is 3.92. The van der Waals surface area contributed by atoms with Crippen LogP contribution in [0.5, 0.6) is 11.5 Å². The number of likely N-dealkylation sites (tertiary alicyclic amines) is 1. The predicted octanol–water partition coefficient (Wildman–Crippen LogP) is 7.61. The van der Waals surface area contributed by atoms with E-state index in [-0.39, 0.29) is 55.6 Å². The molecule has 2 aliphatic heterocycles. The number of halogens is 1. The molecule has 1 amide bonds. The molecule has 8 rings (SSSR count). The van der Waals surface area contributed by atoms with Crippen LogP contribution in [0, 0.1) is 34.5 Å². The fourth-order valence-corrected chi connectivity index (χ4v) is 11.0. The summed E-state index contributed by atoms with van der Waals surface area (Å²) in [6.45, 7) is 18.0. The number of benzene rings is 1. The number of ketones is 1. The van der Waals surface area contributed by atoms with E-state index < -0.39 is 40.8 Å². The van der Waals surface area contributed by atoms with Crippen molar-refractivity contribution in [3.05, 3.63) is 41.3 Å². The minimum absolute atomic E-state index is 0.0632. The van der Waals surface area contributed by atoms with Gasteiger partial charge in [-0.3, -0.25) is 24.1 Å². The number of carbonyl (C=O) groups excluding carboxylic acids is 4. The molecule has 64 heavy (non-hydrogen) atoms. The van der Waals surface area contributed by atoms with Crippen LogP contribution in [-0.4, -0.2) is 121 Å². The maximum absolute atomic E-state index is 15.0. The summed E-state index contributed by atoms with van der Waals surface area (Å²) in [5, 5.41) is 6.95. The number of carbonyl (C=O) groups is 4. The first-order valence-corrected chi connectivity index (χ1v) is 24.0. The lowest BCUT2D eigenvalue weighted by Gasteiger charge is -2.35. The van der Waals surface area contributed by atoms with Gasteiger partial charge in [-0.1, -0.05) is 38.4 Å². The van der Waals surface area contributed by atoms with Gasteiger partial charge in [-0.05, 0) is 74.8 Å². The Balaban J connectivity index is 1.10. The van der Waals surface area contributed by atoms with E-state index in [4.69, 9.17) is 45.3 Å². The Bertz CT molecular complexity index is 2250. The second-order valence-corrected chi connectivity index (χ2v) is 20.9. The molecule has 16 heteroatoms. The lowest BCUT2D eigenvalue weighted by molar-refractivity contribution is -0.157. The molecule has 1 N–H and O–H groups in total. The van der Waals surface area contributed by atoms with Gasteiger partial charge in [0.2, 0.25) is 5.91 Å². The molecule has 8 atom stereocenters. The molecule has 3 aliphatic carbocycles. The van der Waals surface area contributed by atoms with Crippen LogP contribution in [0.1, 0.15) is 79.6 Å². The number of anilines is 1. The zero-order valence-corrected chi connectivity index (χ0v) is 39.4. The van der Waals surface area contributed by atoms with Gasteiger partial charge in [0.1, 0.15) is 41.0 Å². The van der Waals surface area contributed by atoms with Crippen molar-refractivity contribution in [3.8, 4) is 22.9 Å². The van der Waals surface area contributed by atoms with Crippen LogP contribution in [0.15, 0.2) is 36.2 Å². The number of Topliss-reactive ketones (excluding diaryl/α,β-unsaturated/α-hetero) is 1. The number of allylic oxidation sites excluding steroid dienone is 1. The lowest BCUT2D eigenvalue weighted by atomic mass is 9.77. The fraction of sp³-hybridized carbons (Fsp3) is 0.625. The van der Waals surface area contributed by atoms with Gasteiger partial charge >= 0.3 is 11.9 Å². The molecule has 3 aromatic rings. The van der Waals surface area contributed by atoms with Gasteiger partial charge in [-0.2, -0.15) is 0 Å². The van der Waals surface area contributed by atoms with E-state index in [1.165, 1.54) is 24.9 Å². The number of hydrogen-bond donors (Lipinski definition) is 1. The SMILES string of the molecule is C=C[C@@H]1CC1(CC(=O)[C@@H]1C[C@@H](Oc2cc(-c3csc(NC(C)C)n3)nc3c(Cl)c(OCCN4CCOCC4)ccc23)CN1C(=O)[C@@H](CC(=O)OC1C[C@@H]2C[C@@H]2C1)C(C)(C)C)C(=O)OC. The number of fused-ring (bicyclic) bond motifs is 2. The van der Waals surface area contributed by atoms with Crippen LogP contribution in [0.2, 0.25) is 5.02 Å². The summed E-state index contributed by atoms with van der Waals surface area (Å²) in [5.74, 6) is -0.283. The van der Waals surface area contributed by atoms with Gasteiger partial charge in [-0.25, -0.2) is 9.97 Å². The maximum Gasteiger partial charge on any atom is 0.312 e. The Morgan fingerprint density at radius 1 is 1.05 bits per heavy atom. The number of thiazole rings is 1. The Hall–Kier alpha value is -4.31. The standard InChI is InChI=1S/C48H62ClN5O9S/c1-8-30-23-48(30,45(58)59-7)24-38(55)37-20-32(25-54(37)44(57)34(47(4,5)6)21-41(56)63-31-18-28-17-29(28)19-31)62-40-22-35(36-26-64-46(52-36)50-27(2)3)51-43-33(40)9-10-39(42(43)49)61-16-13-53-11-14-60-15-12-53/h8-10,22,26-32,34,37H,1,11-21,23-25H2,2-7H3,(H,50,52)/t28-,29+,30-,31?,32-,34-,37+,48?/m1/s1. The number of methoxy groups -OCH3 is 1. The molecule has 5 aliphatic rings. The van der Waals surface area contributed by atoms with Crippen molar-refractivity contribution in [2.75, 3.05) is 58.4 Å². The highest BCUT2D eigenvalue weighted by Crippen LogP contribution is 2.57. The van der Waals surface area contributed by atoms with E-state index >= 15 is 0 Å². The van der Waals surface area contributed by atoms with Crippen molar-refractivity contribution in [2.24, 2.45) is 34.5 Å². The van der Waals surface area contributed by atoms with Gasteiger partial charge in [0.05, 0.1) is 61.9 Å². The molecule has 1 aromatic carbocycles. The summed E-state index contributed by atoms with van der Waals surface area (Å²) >= 11 is 8.60. The quantitative estimate of drug-likeness (QED) is 0.0983. The highest BCUT2D eigenvalue weighted by atomic mass is 35.5. The van der Waals surface area contributed by atoms with Crippen molar-refractivity contribution in [1.29, 1.82) is 0 Å². The predicted molar refractivity (Wildman–Crippen MR) is 245 cm³/mol. The molecular weight excluding hydrogens is 858 g/mol. The molecule has 14 nitrogen and oxygen atoms in total. The summed E-state index contributed by atoms with van der Waals surface area (Å²) in [6, 6.07) is 4.73. The van der Waals surface area contributed by atoms with Gasteiger partial charge in [0.25, 0.3) is 0 Å². The third-order valence-electron chi connectivity index (χ3n) is 13.7. The number of hydrogen-bond acceptors (Lipinski definition) is 14. The van der Waals surface area contributed by atoms with E-state index in [1.807, 2.05) is 58.2 Å². The first-order valence-electron chi connectivity index (χ1n) is 22.8. The van der Waals surface area contributed by atoms with Gasteiger partial charge in [0, 0.05) is 55.4 Å². The molecule has 2 unspecified atom stereocenters. The van der Waals surface area contributed by atoms with Crippen molar-refractivity contribution in [1.82, 2.24) is 19.8 Å². The first kappa shape index (κ1) is 46.2. The van der Waals surface area contributed by atoms with E-state index in [0.717, 1.165) is 31.1 Å². The molecular formula is C48H62ClN5O9S. The molecule has 2 aromatic heterocycles. The smallest absolute Gasteiger partial charge is 0.312 e. The first-order chi connectivity index (χ1) is 30.6. The third kappa shape index (κ3) is 10.1. The topological polar surface area (TPSA) is 159 Å². The number of ether oxygens (including phenoxy) is 5. The van der Waals surface area contributed by atoms with Crippen molar-refractivity contribution in [2.45, 2.75) is 104 Å². The van der Waals surface area contributed by atoms with Crippen molar-refractivity contribution < 1.29 is 42.9 Å². The van der Waals surface area contributed by atoms with Crippen LogP contribution in [0.4, 0.5) is 5.13 Å². The number of nitrogens with zero attached hydrogens (tertiary/aromatic N) is 4. The van der Waals surface area contributed by atoms with E-state index in [9.17, 15) is 19.2 Å². The van der Waals surface area contributed by atoms with Crippen LogP contribution in [0.25, 0.3) is 22.3 Å². The normalized spacial score (nSPS) is 26.9. The Morgan fingerprint density at radius 2 is 1.80 bits per heavy atom. The molecule has 0 bridgehead atoms. The Morgan fingerprint density at radius 3 is 2.47 bits per heavy atom. The van der Waals surface area contributed by atoms with Crippen LogP contribution < -0.4 is 14.8 Å². The Labute approximate surface area is 384 Å². The number of aromatic nitrogens is 2. The molecule has 0 spiro atoms. The number of pyridine rings is 1. The number of rotatable bonds is 18. The molecule has 3 saturated carbocycles. The average molecular weight is 921 g/mol. The number of amides is 1. The van der Waals surface area contributed by atoms with Gasteiger partial charge < -0.3 is 33.9 Å². The van der Waals surface area contributed by atoms with Crippen LogP contribution in [-0.2, 0) is 33.4 Å². The summed E-state index contributed by atoms with van der Waals surface area (Å²) in [4.78, 5) is 69.9. The second-order valence-electron chi connectivity index (χ2n) is 19.7. The van der Waals surface area contributed by atoms with Gasteiger partial charge in [0.15, 0.2) is 10.9 Å². The molecule has 346 valence electrons. The third-order valence-corrected chi connectivity index (χ3v) is 14.9. The zero-order chi connectivity index (χ0) is 45.5. The highest BCUT2D eigenvalue weighted by Gasteiger charge is 2.61. The van der Waals surface area contributed by atoms with E-state index in [0.29, 0.717) is 83.4 Å². The monoisotopic (exact) mass is 919 g/mol. The van der Waals surface area contributed by atoms with E-state index in [1.54, 1.807) is 11.0 Å². The summed E-state index contributed by atoms with van der Waals surface area (Å²) in [5.41, 5.74) is -0.0872. The van der Waals surface area contributed by atoms with Crippen molar-refractivity contribution >= 4 is 62.6 Å². The largest absolute Gasteiger partial charge is 0.491 e. The second kappa shape index (κ2) is 18.9. The fourth-order valence-electron chi connectivity index (χ4n) is 9.88. The van der Waals surface area contributed by atoms with Crippen molar-refractivity contribution in [3.63, 3.8) is 0 Å². The lowest BCUT2D eigenvalue weighted by Crippen LogP contribution is -2.48. The van der Waals surface area contributed by atoms with Crippen LogP contribution in [0.3, 0.4) is 0 Å². The number of nitrogens with one attached hydrogen (secondary N) is 1.